The maximum absolute atomic E-state index is 11.8. The molecule has 1 aliphatic rings. The van der Waals surface area contributed by atoms with Crippen LogP contribution in [-0.2, 0) is 9.53 Å². The van der Waals surface area contributed by atoms with Crippen molar-refractivity contribution < 1.29 is 19.1 Å². The number of nitrogens with one attached hydrogen (secondary N) is 1. The van der Waals surface area contributed by atoms with Crippen molar-refractivity contribution in [1.82, 2.24) is 5.32 Å². The van der Waals surface area contributed by atoms with Crippen molar-refractivity contribution in [2.75, 3.05) is 19.8 Å². The van der Waals surface area contributed by atoms with Gasteiger partial charge in [-0.3, -0.25) is 9.59 Å². The molecular weight excluding hydrogens is 282 g/mol. The Morgan fingerprint density at radius 1 is 1.45 bits per heavy atom. The van der Waals surface area contributed by atoms with Gasteiger partial charge in [0, 0.05) is 24.3 Å². The van der Waals surface area contributed by atoms with Gasteiger partial charge >= 0.3 is 0 Å². The first-order valence-electron chi connectivity index (χ1n) is 6.43. The summed E-state index contributed by atoms with van der Waals surface area (Å²) < 4.78 is 10.6. The molecular formula is C14H16ClNO4. The van der Waals surface area contributed by atoms with Gasteiger partial charge in [-0.05, 0) is 31.0 Å². The number of carbonyl (C=O) groups excluding carboxylic acids is 2. The maximum atomic E-state index is 11.8. The minimum absolute atomic E-state index is 0.125. The summed E-state index contributed by atoms with van der Waals surface area (Å²) in [7, 11) is 0. The number of rotatable bonds is 5. The third-order valence-electron chi connectivity index (χ3n) is 3.04. The number of aldehydes is 1. The summed E-state index contributed by atoms with van der Waals surface area (Å²) in [6.07, 6.45) is 2.27. The molecule has 1 aromatic rings. The van der Waals surface area contributed by atoms with E-state index in [9.17, 15) is 9.59 Å². The van der Waals surface area contributed by atoms with E-state index in [1.165, 1.54) is 6.07 Å². The van der Waals surface area contributed by atoms with Gasteiger partial charge in [0.2, 0.25) is 0 Å². The second kappa shape index (κ2) is 7.26. The Balaban J connectivity index is 1.85. The summed E-state index contributed by atoms with van der Waals surface area (Å²) in [5.74, 6) is 0.148. The van der Waals surface area contributed by atoms with Crippen LogP contribution in [0.1, 0.15) is 23.2 Å². The van der Waals surface area contributed by atoms with Crippen LogP contribution < -0.4 is 10.1 Å². The van der Waals surface area contributed by atoms with Crippen molar-refractivity contribution in [3.63, 3.8) is 0 Å². The van der Waals surface area contributed by atoms with Gasteiger partial charge in [0.15, 0.2) is 12.9 Å². The standard InChI is InChI=1S/C14H16ClNO4/c15-11-1-2-13(10(7-11)8-17)20-9-14(18)16-12-3-5-19-6-4-12/h1-2,7-8,12H,3-6,9H2,(H,16,18). The second-order valence-corrected chi connectivity index (χ2v) is 4.98. The minimum atomic E-state index is -0.205. The van der Waals surface area contributed by atoms with Crippen LogP contribution >= 0.6 is 11.6 Å². The zero-order valence-corrected chi connectivity index (χ0v) is 11.7. The number of hydrogen-bond acceptors (Lipinski definition) is 4. The molecule has 20 heavy (non-hydrogen) atoms. The molecule has 1 saturated heterocycles. The van der Waals surface area contributed by atoms with Crippen molar-refractivity contribution >= 4 is 23.8 Å². The summed E-state index contributed by atoms with van der Waals surface area (Å²) in [6.45, 7) is 1.20. The highest BCUT2D eigenvalue weighted by Crippen LogP contribution is 2.21. The van der Waals surface area contributed by atoms with Crippen molar-refractivity contribution in [2.45, 2.75) is 18.9 Å². The molecule has 0 unspecified atom stereocenters. The van der Waals surface area contributed by atoms with Gasteiger partial charge in [-0.15, -0.1) is 0 Å². The van der Waals surface area contributed by atoms with Gasteiger partial charge in [0.05, 0.1) is 5.56 Å². The van der Waals surface area contributed by atoms with Gasteiger partial charge in [-0.25, -0.2) is 0 Å². The van der Waals surface area contributed by atoms with Crippen molar-refractivity contribution in [1.29, 1.82) is 0 Å². The number of carbonyl (C=O) groups is 2. The molecule has 1 N–H and O–H groups in total. The topological polar surface area (TPSA) is 64.6 Å². The second-order valence-electron chi connectivity index (χ2n) is 4.54. The summed E-state index contributed by atoms with van der Waals surface area (Å²) in [5, 5.41) is 3.33. The molecule has 1 fully saturated rings. The van der Waals surface area contributed by atoms with Crippen LogP contribution in [0.3, 0.4) is 0 Å². The lowest BCUT2D eigenvalue weighted by Crippen LogP contribution is -2.41. The molecule has 0 saturated carbocycles. The zero-order valence-electron chi connectivity index (χ0n) is 10.9. The highest BCUT2D eigenvalue weighted by Gasteiger charge is 2.16. The molecule has 0 bridgehead atoms. The van der Waals surface area contributed by atoms with E-state index in [0.717, 1.165) is 12.8 Å². The average molecular weight is 298 g/mol. The predicted octanol–water partition coefficient (Wildman–Crippen LogP) is 1.83. The van der Waals surface area contributed by atoms with E-state index in [1.807, 2.05) is 0 Å². The first-order chi connectivity index (χ1) is 9.69. The van der Waals surface area contributed by atoms with Crippen LogP contribution in [0.25, 0.3) is 0 Å². The lowest BCUT2D eigenvalue weighted by molar-refractivity contribution is -0.124. The maximum Gasteiger partial charge on any atom is 0.258 e. The van der Waals surface area contributed by atoms with E-state index in [1.54, 1.807) is 12.1 Å². The molecule has 5 nitrogen and oxygen atoms in total. The van der Waals surface area contributed by atoms with E-state index in [0.29, 0.717) is 35.8 Å². The summed E-state index contributed by atoms with van der Waals surface area (Å²) in [5.41, 5.74) is 0.330. The smallest absolute Gasteiger partial charge is 0.258 e. The molecule has 0 aliphatic carbocycles. The quantitative estimate of drug-likeness (QED) is 0.842. The molecule has 0 aromatic heterocycles. The molecule has 108 valence electrons. The lowest BCUT2D eigenvalue weighted by Gasteiger charge is -2.23. The largest absolute Gasteiger partial charge is 0.483 e. The Hall–Kier alpha value is -1.59. The van der Waals surface area contributed by atoms with Gasteiger partial charge in [0.1, 0.15) is 5.75 Å². The van der Waals surface area contributed by atoms with Crippen molar-refractivity contribution in [3.05, 3.63) is 28.8 Å². The van der Waals surface area contributed by atoms with Crippen LogP contribution in [0.4, 0.5) is 0 Å². The Morgan fingerprint density at radius 2 is 2.20 bits per heavy atom. The zero-order chi connectivity index (χ0) is 14.4. The first kappa shape index (κ1) is 14.8. The van der Waals surface area contributed by atoms with Gasteiger partial charge in [-0.2, -0.15) is 0 Å². The van der Waals surface area contributed by atoms with E-state index < -0.39 is 0 Å². The Bertz CT molecular complexity index is 486. The average Bonchev–Trinajstić information content (AvgIpc) is 2.47. The SMILES string of the molecule is O=Cc1cc(Cl)ccc1OCC(=O)NC1CCOCC1. The molecule has 0 spiro atoms. The van der Waals surface area contributed by atoms with E-state index in [-0.39, 0.29) is 18.6 Å². The van der Waals surface area contributed by atoms with Crippen LogP contribution in [0.5, 0.6) is 5.75 Å². The normalized spacial score (nSPS) is 15.7. The molecule has 0 radical (unpaired) electrons. The Morgan fingerprint density at radius 3 is 2.90 bits per heavy atom. The molecule has 1 aromatic carbocycles. The summed E-state index contributed by atoms with van der Waals surface area (Å²) in [6, 6.07) is 4.82. The van der Waals surface area contributed by atoms with Gasteiger partial charge in [-0.1, -0.05) is 11.6 Å². The molecule has 1 heterocycles. The summed E-state index contributed by atoms with van der Waals surface area (Å²) in [4.78, 5) is 22.6. The number of halogens is 1. The monoisotopic (exact) mass is 297 g/mol. The number of benzene rings is 1. The first-order valence-corrected chi connectivity index (χ1v) is 6.81. The predicted molar refractivity (Wildman–Crippen MR) is 74.3 cm³/mol. The highest BCUT2D eigenvalue weighted by molar-refractivity contribution is 6.30. The molecule has 1 amide bonds. The highest BCUT2D eigenvalue weighted by atomic mass is 35.5. The van der Waals surface area contributed by atoms with Gasteiger partial charge in [0.25, 0.3) is 5.91 Å². The third kappa shape index (κ3) is 4.21. The number of amides is 1. The lowest BCUT2D eigenvalue weighted by atomic mass is 10.1. The Kier molecular flexibility index (Phi) is 5.38. The van der Waals surface area contributed by atoms with Crippen molar-refractivity contribution in [3.8, 4) is 5.75 Å². The van der Waals surface area contributed by atoms with Gasteiger partial charge < -0.3 is 14.8 Å². The molecule has 2 rings (SSSR count). The van der Waals surface area contributed by atoms with Crippen LogP contribution in [0.15, 0.2) is 18.2 Å². The van der Waals surface area contributed by atoms with E-state index >= 15 is 0 Å². The van der Waals surface area contributed by atoms with Crippen molar-refractivity contribution in [2.24, 2.45) is 0 Å². The van der Waals surface area contributed by atoms with E-state index in [2.05, 4.69) is 5.32 Å². The van der Waals surface area contributed by atoms with E-state index in [4.69, 9.17) is 21.1 Å². The van der Waals surface area contributed by atoms with Crippen LogP contribution in [-0.4, -0.2) is 38.1 Å². The molecule has 6 heteroatoms. The Labute approximate surface area is 122 Å². The summed E-state index contributed by atoms with van der Waals surface area (Å²) >= 11 is 5.78. The fourth-order valence-electron chi connectivity index (χ4n) is 2.00. The molecule has 0 atom stereocenters. The fraction of sp³-hybridized carbons (Fsp3) is 0.429. The van der Waals surface area contributed by atoms with Crippen LogP contribution in [0.2, 0.25) is 5.02 Å². The number of ether oxygens (including phenoxy) is 2. The minimum Gasteiger partial charge on any atom is -0.483 e. The molecule has 1 aliphatic heterocycles. The third-order valence-corrected chi connectivity index (χ3v) is 3.28. The fourth-order valence-corrected chi connectivity index (χ4v) is 2.18. The van der Waals surface area contributed by atoms with Crippen LogP contribution in [0, 0.1) is 0 Å². The number of hydrogen-bond donors (Lipinski definition) is 1.